The van der Waals surface area contributed by atoms with Gasteiger partial charge < -0.3 is 5.32 Å². The number of piperidine rings is 1. The molecule has 1 N–H and O–H groups in total. The zero-order valence-electron chi connectivity index (χ0n) is 11.5. The van der Waals surface area contributed by atoms with Gasteiger partial charge in [-0.05, 0) is 32.2 Å². The zero-order chi connectivity index (χ0) is 12.5. The van der Waals surface area contributed by atoms with Crippen LogP contribution in [-0.2, 0) is 4.79 Å². The standard InChI is InChI=1S/C14H28N2O/c1-3-5-7-10-15-14(17)12-16-11-8-6-9-13(16)4-2/h13H,3-12H2,1-2H3,(H,15,17). The van der Waals surface area contributed by atoms with Crippen molar-refractivity contribution >= 4 is 5.91 Å². The SMILES string of the molecule is CCCCCNC(=O)CN1CCCCC1CC. The summed E-state index contributed by atoms with van der Waals surface area (Å²) in [5.74, 6) is 0.210. The van der Waals surface area contributed by atoms with E-state index in [4.69, 9.17) is 0 Å². The Balaban J connectivity index is 2.19. The lowest BCUT2D eigenvalue weighted by atomic mass is 10.0. The Morgan fingerprint density at radius 1 is 1.29 bits per heavy atom. The Morgan fingerprint density at radius 2 is 2.12 bits per heavy atom. The molecule has 1 aliphatic heterocycles. The molecule has 0 spiro atoms. The van der Waals surface area contributed by atoms with Crippen LogP contribution in [0.1, 0.15) is 58.8 Å². The van der Waals surface area contributed by atoms with E-state index in [1.165, 1.54) is 38.5 Å². The van der Waals surface area contributed by atoms with Crippen molar-refractivity contribution in [2.75, 3.05) is 19.6 Å². The second-order valence-electron chi connectivity index (χ2n) is 5.09. The van der Waals surface area contributed by atoms with Crippen molar-refractivity contribution < 1.29 is 4.79 Å². The molecule has 3 nitrogen and oxygen atoms in total. The lowest BCUT2D eigenvalue weighted by Crippen LogP contribution is -2.45. The van der Waals surface area contributed by atoms with Crippen LogP contribution in [0.2, 0.25) is 0 Å². The molecule has 3 heteroatoms. The third kappa shape index (κ3) is 5.53. The van der Waals surface area contributed by atoms with Gasteiger partial charge in [-0.15, -0.1) is 0 Å². The third-order valence-corrected chi connectivity index (χ3v) is 3.67. The molecule has 0 radical (unpaired) electrons. The molecule has 0 bridgehead atoms. The fourth-order valence-electron chi connectivity index (χ4n) is 2.57. The molecule has 0 aromatic carbocycles. The lowest BCUT2D eigenvalue weighted by Gasteiger charge is -2.34. The van der Waals surface area contributed by atoms with Gasteiger partial charge in [-0.25, -0.2) is 0 Å². The van der Waals surface area contributed by atoms with Gasteiger partial charge in [0.1, 0.15) is 0 Å². The summed E-state index contributed by atoms with van der Waals surface area (Å²) in [5, 5.41) is 3.03. The van der Waals surface area contributed by atoms with E-state index in [-0.39, 0.29) is 5.91 Å². The van der Waals surface area contributed by atoms with Crippen LogP contribution in [0.3, 0.4) is 0 Å². The molecule has 0 aromatic rings. The number of unbranched alkanes of at least 4 members (excludes halogenated alkanes) is 2. The highest BCUT2D eigenvalue weighted by Crippen LogP contribution is 2.18. The van der Waals surface area contributed by atoms with Crippen molar-refractivity contribution in [2.24, 2.45) is 0 Å². The van der Waals surface area contributed by atoms with E-state index < -0.39 is 0 Å². The number of nitrogens with zero attached hydrogens (tertiary/aromatic N) is 1. The minimum absolute atomic E-state index is 0.210. The van der Waals surface area contributed by atoms with Gasteiger partial charge in [0, 0.05) is 12.6 Å². The van der Waals surface area contributed by atoms with Gasteiger partial charge in [0.15, 0.2) is 0 Å². The summed E-state index contributed by atoms with van der Waals surface area (Å²) in [6.07, 6.45) is 8.54. The van der Waals surface area contributed by atoms with E-state index in [2.05, 4.69) is 24.1 Å². The van der Waals surface area contributed by atoms with Crippen molar-refractivity contribution in [3.63, 3.8) is 0 Å². The Labute approximate surface area is 106 Å². The van der Waals surface area contributed by atoms with E-state index in [0.717, 1.165) is 19.5 Å². The maximum absolute atomic E-state index is 11.8. The van der Waals surface area contributed by atoms with E-state index in [1.807, 2.05) is 0 Å². The van der Waals surface area contributed by atoms with Gasteiger partial charge in [-0.1, -0.05) is 33.1 Å². The van der Waals surface area contributed by atoms with Gasteiger partial charge in [0.25, 0.3) is 0 Å². The molecule has 100 valence electrons. The summed E-state index contributed by atoms with van der Waals surface area (Å²) in [5.41, 5.74) is 0. The van der Waals surface area contributed by atoms with Crippen molar-refractivity contribution in [3.05, 3.63) is 0 Å². The molecule has 0 aromatic heterocycles. The number of carbonyl (C=O) groups excluding carboxylic acids is 1. The Morgan fingerprint density at radius 3 is 2.82 bits per heavy atom. The second kappa shape index (κ2) is 8.51. The number of likely N-dealkylation sites (tertiary alicyclic amines) is 1. The summed E-state index contributed by atoms with van der Waals surface area (Å²) >= 11 is 0. The van der Waals surface area contributed by atoms with E-state index in [9.17, 15) is 4.79 Å². The van der Waals surface area contributed by atoms with Crippen LogP contribution in [0, 0.1) is 0 Å². The molecular weight excluding hydrogens is 212 g/mol. The molecule has 1 aliphatic rings. The Bertz CT molecular complexity index is 218. The average molecular weight is 240 g/mol. The number of hydrogen-bond donors (Lipinski definition) is 1. The summed E-state index contributed by atoms with van der Waals surface area (Å²) in [6.45, 7) is 6.95. The second-order valence-corrected chi connectivity index (χ2v) is 5.09. The smallest absolute Gasteiger partial charge is 0.234 e. The molecular formula is C14H28N2O. The van der Waals surface area contributed by atoms with Crippen molar-refractivity contribution in [3.8, 4) is 0 Å². The Kier molecular flexibility index (Phi) is 7.25. The summed E-state index contributed by atoms with van der Waals surface area (Å²) in [4.78, 5) is 14.1. The van der Waals surface area contributed by atoms with E-state index >= 15 is 0 Å². The monoisotopic (exact) mass is 240 g/mol. The van der Waals surface area contributed by atoms with Crippen LogP contribution in [-0.4, -0.2) is 36.5 Å². The number of rotatable bonds is 7. The normalized spacial score (nSPS) is 21.4. The number of amides is 1. The van der Waals surface area contributed by atoms with Crippen LogP contribution in [0.5, 0.6) is 0 Å². The quantitative estimate of drug-likeness (QED) is 0.694. The molecule has 1 atom stereocenters. The fraction of sp³-hybridized carbons (Fsp3) is 0.929. The van der Waals surface area contributed by atoms with Crippen LogP contribution < -0.4 is 5.32 Å². The Hall–Kier alpha value is -0.570. The summed E-state index contributed by atoms with van der Waals surface area (Å²) in [6, 6.07) is 0.630. The highest BCUT2D eigenvalue weighted by Gasteiger charge is 2.22. The molecule has 1 unspecified atom stereocenters. The summed E-state index contributed by atoms with van der Waals surface area (Å²) in [7, 11) is 0. The largest absolute Gasteiger partial charge is 0.355 e. The maximum Gasteiger partial charge on any atom is 0.234 e. The molecule has 17 heavy (non-hydrogen) atoms. The molecule has 0 aliphatic carbocycles. The van der Waals surface area contributed by atoms with E-state index in [0.29, 0.717) is 12.6 Å². The first kappa shape index (κ1) is 14.5. The maximum atomic E-state index is 11.8. The van der Waals surface area contributed by atoms with Crippen LogP contribution >= 0.6 is 0 Å². The first-order valence-electron chi connectivity index (χ1n) is 7.28. The fourth-order valence-corrected chi connectivity index (χ4v) is 2.57. The van der Waals surface area contributed by atoms with Crippen molar-refractivity contribution in [1.29, 1.82) is 0 Å². The van der Waals surface area contributed by atoms with Gasteiger partial charge in [-0.3, -0.25) is 9.69 Å². The van der Waals surface area contributed by atoms with Gasteiger partial charge in [-0.2, -0.15) is 0 Å². The van der Waals surface area contributed by atoms with Crippen LogP contribution in [0.25, 0.3) is 0 Å². The predicted octanol–water partition coefficient (Wildman–Crippen LogP) is 2.56. The van der Waals surface area contributed by atoms with Gasteiger partial charge >= 0.3 is 0 Å². The van der Waals surface area contributed by atoms with Crippen molar-refractivity contribution in [1.82, 2.24) is 10.2 Å². The van der Waals surface area contributed by atoms with Gasteiger partial charge in [0.05, 0.1) is 6.54 Å². The molecule has 1 heterocycles. The molecule has 1 fully saturated rings. The minimum atomic E-state index is 0.210. The first-order chi connectivity index (χ1) is 8.27. The van der Waals surface area contributed by atoms with Crippen LogP contribution in [0.4, 0.5) is 0 Å². The van der Waals surface area contributed by atoms with Gasteiger partial charge in [0.2, 0.25) is 5.91 Å². The molecule has 1 rings (SSSR count). The topological polar surface area (TPSA) is 32.3 Å². The predicted molar refractivity (Wildman–Crippen MR) is 72.0 cm³/mol. The number of nitrogens with one attached hydrogen (secondary N) is 1. The first-order valence-corrected chi connectivity index (χ1v) is 7.28. The lowest BCUT2D eigenvalue weighted by molar-refractivity contribution is -0.123. The van der Waals surface area contributed by atoms with E-state index in [1.54, 1.807) is 0 Å². The molecule has 1 amide bonds. The average Bonchev–Trinajstić information content (AvgIpc) is 2.35. The number of hydrogen-bond acceptors (Lipinski definition) is 2. The highest BCUT2D eigenvalue weighted by atomic mass is 16.2. The number of carbonyl (C=O) groups is 1. The molecule has 0 saturated carbocycles. The highest BCUT2D eigenvalue weighted by molar-refractivity contribution is 5.78. The third-order valence-electron chi connectivity index (χ3n) is 3.67. The van der Waals surface area contributed by atoms with Crippen LogP contribution in [0.15, 0.2) is 0 Å². The zero-order valence-corrected chi connectivity index (χ0v) is 11.5. The minimum Gasteiger partial charge on any atom is -0.355 e. The van der Waals surface area contributed by atoms with Crippen molar-refractivity contribution in [2.45, 2.75) is 64.8 Å². The summed E-state index contributed by atoms with van der Waals surface area (Å²) < 4.78 is 0. The molecule has 1 saturated heterocycles.